The summed E-state index contributed by atoms with van der Waals surface area (Å²) in [6.07, 6.45) is 9.12. The predicted molar refractivity (Wildman–Crippen MR) is 76.6 cm³/mol. The van der Waals surface area contributed by atoms with E-state index in [1.807, 2.05) is 6.20 Å². The third kappa shape index (κ3) is 4.23. The number of hydrogen-bond donors (Lipinski definition) is 1. The molecule has 1 heterocycles. The number of aromatic nitrogens is 1. The molecule has 17 heavy (non-hydrogen) atoms. The molecule has 0 spiro atoms. The Kier molecular flexibility index (Phi) is 5.17. The fourth-order valence-corrected chi connectivity index (χ4v) is 3.51. The van der Waals surface area contributed by atoms with Gasteiger partial charge in [-0.05, 0) is 31.4 Å². The van der Waals surface area contributed by atoms with E-state index in [-0.39, 0.29) is 0 Å². The maximum absolute atomic E-state index is 4.41. The molecule has 0 radical (unpaired) electrons. The Bertz CT molecular complexity index is 317. The molecule has 1 N–H and O–H groups in total. The van der Waals surface area contributed by atoms with E-state index in [2.05, 4.69) is 41.1 Å². The topological polar surface area (TPSA) is 24.9 Å². The molecule has 0 bridgehead atoms. The lowest BCUT2D eigenvalue weighted by molar-refractivity contribution is 0.516. The fourth-order valence-electron chi connectivity index (χ4n) is 2.24. The van der Waals surface area contributed by atoms with Crippen LogP contribution in [0.5, 0.6) is 0 Å². The van der Waals surface area contributed by atoms with Crippen LogP contribution in [0.1, 0.15) is 44.6 Å². The Hall–Kier alpha value is -0.700. The van der Waals surface area contributed by atoms with Crippen LogP contribution in [0.3, 0.4) is 0 Å². The summed E-state index contributed by atoms with van der Waals surface area (Å²) in [7, 11) is 0. The molecule has 1 aliphatic rings. The van der Waals surface area contributed by atoms with Crippen LogP contribution in [0.25, 0.3) is 0 Å². The molecule has 94 valence electrons. The SMILES string of the molecule is CCNc1ccc(CSC2CCCCC2)cn1. The highest BCUT2D eigenvalue weighted by molar-refractivity contribution is 7.99. The van der Waals surface area contributed by atoms with Crippen molar-refractivity contribution in [1.29, 1.82) is 0 Å². The number of nitrogens with one attached hydrogen (secondary N) is 1. The lowest BCUT2D eigenvalue weighted by atomic mass is 10.0. The van der Waals surface area contributed by atoms with Crippen LogP contribution in [-0.4, -0.2) is 16.8 Å². The van der Waals surface area contributed by atoms with Crippen molar-refractivity contribution in [3.8, 4) is 0 Å². The van der Waals surface area contributed by atoms with Crippen molar-refractivity contribution in [3.05, 3.63) is 23.9 Å². The third-order valence-corrected chi connectivity index (χ3v) is 4.66. The number of anilines is 1. The van der Waals surface area contributed by atoms with Crippen LogP contribution in [0.4, 0.5) is 5.82 Å². The van der Waals surface area contributed by atoms with Gasteiger partial charge in [-0.1, -0.05) is 25.3 Å². The Morgan fingerprint density at radius 1 is 1.29 bits per heavy atom. The molecule has 2 nitrogen and oxygen atoms in total. The molecule has 1 saturated carbocycles. The van der Waals surface area contributed by atoms with Gasteiger partial charge < -0.3 is 5.32 Å². The number of rotatable bonds is 5. The molecule has 1 aliphatic carbocycles. The average molecular weight is 250 g/mol. The van der Waals surface area contributed by atoms with Gasteiger partial charge in [0.05, 0.1) is 0 Å². The minimum atomic E-state index is 0.886. The van der Waals surface area contributed by atoms with Crippen LogP contribution in [0.15, 0.2) is 18.3 Å². The summed E-state index contributed by atoms with van der Waals surface area (Å²) in [4.78, 5) is 4.41. The molecule has 0 saturated heterocycles. The first-order valence-electron chi connectivity index (χ1n) is 6.69. The highest BCUT2D eigenvalue weighted by atomic mass is 32.2. The van der Waals surface area contributed by atoms with E-state index in [0.717, 1.165) is 23.4 Å². The number of thioether (sulfide) groups is 1. The summed E-state index contributed by atoms with van der Waals surface area (Å²) in [6, 6.07) is 4.28. The zero-order chi connectivity index (χ0) is 11.9. The Labute approximate surface area is 109 Å². The molecule has 1 aromatic heterocycles. The molecule has 3 heteroatoms. The van der Waals surface area contributed by atoms with Gasteiger partial charge in [0.2, 0.25) is 0 Å². The summed E-state index contributed by atoms with van der Waals surface area (Å²) in [6.45, 7) is 3.03. The highest BCUT2D eigenvalue weighted by Crippen LogP contribution is 2.30. The molecule has 0 amide bonds. The molecule has 0 atom stereocenters. The summed E-state index contributed by atoms with van der Waals surface area (Å²) >= 11 is 2.11. The third-order valence-electron chi connectivity index (χ3n) is 3.22. The lowest BCUT2D eigenvalue weighted by Crippen LogP contribution is -2.08. The van der Waals surface area contributed by atoms with Gasteiger partial charge >= 0.3 is 0 Å². The zero-order valence-electron chi connectivity index (χ0n) is 10.6. The van der Waals surface area contributed by atoms with Crippen molar-refractivity contribution in [2.45, 2.75) is 50.0 Å². The molecule has 0 aliphatic heterocycles. The predicted octanol–water partition coefficient (Wildman–Crippen LogP) is 4.08. The van der Waals surface area contributed by atoms with Crippen molar-refractivity contribution in [3.63, 3.8) is 0 Å². The molecule has 2 rings (SSSR count). The number of nitrogens with zero attached hydrogens (tertiary/aromatic N) is 1. The summed E-state index contributed by atoms with van der Waals surface area (Å²) in [5.74, 6) is 2.10. The second-order valence-electron chi connectivity index (χ2n) is 4.65. The van der Waals surface area contributed by atoms with Crippen molar-refractivity contribution in [2.24, 2.45) is 0 Å². The second-order valence-corrected chi connectivity index (χ2v) is 5.94. The van der Waals surface area contributed by atoms with E-state index in [4.69, 9.17) is 0 Å². The minimum Gasteiger partial charge on any atom is -0.370 e. The van der Waals surface area contributed by atoms with Gasteiger partial charge in [-0.25, -0.2) is 4.98 Å². The fraction of sp³-hybridized carbons (Fsp3) is 0.643. The van der Waals surface area contributed by atoms with Gasteiger partial charge in [0.1, 0.15) is 5.82 Å². The molecule has 1 aromatic rings. The van der Waals surface area contributed by atoms with Crippen molar-refractivity contribution < 1.29 is 0 Å². The summed E-state index contributed by atoms with van der Waals surface area (Å²) in [5, 5.41) is 4.11. The average Bonchev–Trinajstić information content (AvgIpc) is 2.40. The monoisotopic (exact) mass is 250 g/mol. The molecule has 0 unspecified atom stereocenters. The maximum atomic E-state index is 4.41. The van der Waals surface area contributed by atoms with E-state index in [0.29, 0.717) is 0 Å². The van der Waals surface area contributed by atoms with Crippen LogP contribution in [0, 0.1) is 0 Å². The van der Waals surface area contributed by atoms with Crippen molar-refractivity contribution in [2.75, 3.05) is 11.9 Å². The maximum Gasteiger partial charge on any atom is 0.125 e. The highest BCUT2D eigenvalue weighted by Gasteiger charge is 2.13. The standard InChI is InChI=1S/C14H22N2S/c1-2-15-14-9-8-12(10-16-14)11-17-13-6-4-3-5-7-13/h8-10,13H,2-7,11H2,1H3,(H,15,16). The first kappa shape index (κ1) is 12.7. The van der Waals surface area contributed by atoms with Gasteiger partial charge in [-0.15, -0.1) is 0 Å². The van der Waals surface area contributed by atoms with Gasteiger partial charge in [0.15, 0.2) is 0 Å². The smallest absolute Gasteiger partial charge is 0.125 e. The number of hydrogen-bond acceptors (Lipinski definition) is 3. The van der Waals surface area contributed by atoms with Crippen LogP contribution >= 0.6 is 11.8 Å². The van der Waals surface area contributed by atoms with Gasteiger partial charge in [0.25, 0.3) is 0 Å². The Morgan fingerprint density at radius 2 is 2.12 bits per heavy atom. The normalized spacial score (nSPS) is 17.0. The van der Waals surface area contributed by atoms with E-state index >= 15 is 0 Å². The van der Waals surface area contributed by atoms with Gasteiger partial charge in [-0.2, -0.15) is 11.8 Å². The van der Waals surface area contributed by atoms with Gasteiger partial charge in [0, 0.05) is 23.7 Å². The quantitative estimate of drug-likeness (QED) is 0.852. The summed E-state index contributed by atoms with van der Waals surface area (Å²) < 4.78 is 0. The largest absolute Gasteiger partial charge is 0.370 e. The minimum absolute atomic E-state index is 0.886. The molecular weight excluding hydrogens is 228 g/mol. The molecule has 1 fully saturated rings. The molecule has 0 aromatic carbocycles. The first-order valence-corrected chi connectivity index (χ1v) is 7.74. The van der Waals surface area contributed by atoms with Crippen LogP contribution in [-0.2, 0) is 5.75 Å². The Morgan fingerprint density at radius 3 is 2.76 bits per heavy atom. The van der Waals surface area contributed by atoms with Gasteiger partial charge in [-0.3, -0.25) is 0 Å². The van der Waals surface area contributed by atoms with E-state index in [1.54, 1.807) is 0 Å². The second kappa shape index (κ2) is 6.90. The molecular formula is C14H22N2S. The van der Waals surface area contributed by atoms with E-state index in [1.165, 1.54) is 37.7 Å². The zero-order valence-corrected chi connectivity index (χ0v) is 11.4. The van der Waals surface area contributed by atoms with E-state index in [9.17, 15) is 0 Å². The van der Waals surface area contributed by atoms with Crippen molar-refractivity contribution in [1.82, 2.24) is 4.98 Å². The Balaban J connectivity index is 1.77. The van der Waals surface area contributed by atoms with Crippen LogP contribution in [0.2, 0.25) is 0 Å². The van der Waals surface area contributed by atoms with Crippen LogP contribution < -0.4 is 5.32 Å². The van der Waals surface area contributed by atoms with Crippen molar-refractivity contribution >= 4 is 17.6 Å². The lowest BCUT2D eigenvalue weighted by Gasteiger charge is -2.20. The first-order chi connectivity index (χ1) is 8.38. The van der Waals surface area contributed by atoms with E-state index < -0.39 is 0 Å². The number of pyridine rings is 1. The summed E-state index contributed by atoms with van der Waals surface area (Å²) in [5.41, 5.74) is 1.35.